The highest BCUT2D eigenvalue weighted by Crippen LogP contribution is 2.49. The predicted molar refractivity (Wildman–Crippen MR) is 68.6 cm³/mol. The van der Waals surface area contributed by atoms with Gasteiger partial charge >= 0.3 is 0 Å². The van der Waals surface area contributed by atoms with Gasteiger partial charge in [-0.1, -0.05) is 24.6 Å². The summed E-state index contributed by atoms with van der Waals surface area (Å²) < 4.78 is 0. The molecule has 1 N–H and O–H groups in total. The molecule has 1 amide bonds. The van der Waals surface area contributed by atoms with E-state index in [2.05, 4.69) is 5.32 Å². The van der Waals surface area contributed by atoms with Crippen LogP contribution < -0.4 is 5.32 Å². The lowest BCUT2D eigenvalue weighted by Crippen LogP contribution is -2.20. The average Bonchev–Trinajstić information content (AvgIpc) is 2.92. The Balaban J connectivity index is 1.54. The minimum Gasteiger partial charge on any atom is -0.326 e. The Bertz CT molecular complexity index is 401. The Hall–Kier alpha value is -1.31. The van der Waals surface area contributed by atoms with Gasteiger partial charge in [-0.05, 0) is 49.1 Å². The van der Waals surface area contributed by atoms with Gasteiger partial charge in [-0.2, -0.15) is 0 Å². The number of carbonyl (C=O) groups is 1. The van der Waals surface area contributed by atoms with Crippen LogP contribution in [0.4, 0.5) is 5.69 Å². The molecule has 17 heavy (non-hydrogen) atoms. The van der Waals surface area contributed by atoms with Gasteiger partial charge in [-0.15, -0.1) is 0 Å². The maximum absolute atomic E-state index is 11.9. The van der Waals surface area contributed by atoms with Gasteiger partial charge < -0.3 is 5.32 Å². The van der Waals surface area contributed by atoms with Crippen molar-refractivity contribution in [3.63, 3.8) is 0 Å². The Morgan fingerprint density at radius 2 is 2.00 bits per heavy atom. The third kappa shape index (κ3) is 2.36. The third-order valence-corrected chi connectivity index (χ3v) is 4.39. The van der Waals surface area contributed by atoms with Gasteiger partial charge in [-0.25, -0.2) is 0 Å². The molecule has 3 atom stereocenters. The standard InChI is InChI=1S/C15H19NO/c17-15(16-14-4-2-1-3-5-14)10-13-9-11-6-7-12(13)8-11/h1-5,11-13H,6-10H2,(H,16,17)/t11-,12+,13+/m0/s1. The first-order valence-electron chi connectivity index (χ1n) is 6.66. The second-order valence-corrected chi connectivity index (χ2v) is 5.55. The molecule has 2 aliphatic carbocycles. The fourth-order valence-electron chi connectivity index (χ4n) is 3.60. The molecule has 0 spiro atoms. The molecular weight excluding hydrogens is 210 g/mol. The van der Waals surface area contributed by atoms with Gasteiger partial charge in [-0.3, -0.25) is 4.79 Å². The topological polar surface area (TPSA) is 29.1 Å². The summed E-state index contributed by atoms with van der Waals surface area (Å²) in [6.45, 7) is 0. The van der Waals surface area contributed by atoms with Gasteiger partial charge in [0, 0.05) is 12.1 Å². The molecule has 2 bridgehead atoms. The lowest BCUT2D eigenvalue weighted by molar-refractivity contribution is -0.117. The van der Waals surface area contributed by atoms with E-state index in [0.717, 1.165) is 23.9 Å². The quantitative estimate of drug-likeness (QED) is 0.845. The van der Waals surface area contributed by atoms with E-state index in [9.17, 15) is 4.79 Å². The van der Waals surface area contributed by atoms with E-state index < -0.39 is 0 Å². The summed E-state index contributed by atoms with van der Waals surface area (Å²) in [7, 11) is 0. The molecule has 1 aromatic carbocycles. The Morgan fingerprint density at radius 3 is 2.65 bits per heavy atom. The number of benzene rings is 1. The van der Waals surface area contributed by atoms with Crippen LogP contribution in [-0.2, 0) is 4.79 Å². The second kappa shape index (κ2) is 4.52. The van der Waals surface area contributed by atoms with Crippen LogP contribution in [0.3, 0.4) is 0 Å². The Labute approximate surface area is 102 Å². The fraction of sp³-hybridized carbons (Fsp3) is 0.533. The van der Waals surface area contributed by atoms with Crippen LogP contribution in [0.1, 0.15) is 32.1 Å². The summed E-state index contributed by atoms with van der Waals surface area (Å²) in [5.41, 5.74) is 0.917. The van der Waals surface area contributed by atoms with E-state index in [-0.39, 0.29) is 5.91 Å². The van der Waals surface area contributed by atoms with Gasteiger partial charge in [0.25, 0.3) is 0 Å². The molecule has 90 valence electrons. The Morgan fingerprint density at radius 1 is 1.18 bits per heavy atom. The zero-order valence-electron chi connectivity index (χ0n) is 10.1. The highest BCUT2D eigenvalue weighted by Gasteiger charge is 2.39. The average molecular weight is 229 g/mol. The van der Waals surface area contributed by atoms with Crippen molar-refractivity contribution >= 4 is 11.6 Å². The number of rotatable bonds is 3. The first-order valence-corrected chi connectivity index (χ1v) is 6.66. The minimum absolute atomic E-state index is 0.189. The SMILES string of the molecule is O=C(C[C@H]1C[C@H]2CC[C@@H]1C2)Nc1ccccc1. The second-order valence-electron chi connectivity index (χ2n) is 5.55. The van der Waals surface area contributed by atoms with Gasteiger partial charge in [0.2, 0.25) is 5.91 Å². The van der Waals surface area contributed by atoms with Crippen LogP contribution in [0.5, 0.6) is 0 Å². The molecule has 2 nitrogen and oxygen atoms in total. The highest BCUT2D eigenvalue weighted by molar-refractivity contribution is 5.90. The third-order valence-electron chi connectivity index (χ3n) is 4.39. The summed E-state index contributed by atoms with van der Waals surface area (Å²) >= 11 is 0. The van der Waals surface area contributed by atoms with E-state index >= 15 is 0 Å². The van der Waals surface area contributed by atoms with Crippen molar-refractivity contribution in [3.8, 4) is 0 Å². The molecule has 2 saturated carbocycles. The van der Waals surface area contributed by atoms with Gasteiger partial charge in [0.05, 0.1) is 0 Å². The number of hydrogen-bond acceptors (Lipinski definition) is 1. The number of anilines is 1. The lowest BCUT2D eigenvalue weighted by Gasteiger charge is -2.20. The molecule has 0 aliphatic heterocycles. The number of para-hydroxylation sites is 1. The first kappa shape index (κ1) is 10.8. The molecule has 0 radical (unpaired) electrons. The monoisotopic (exact) mass is 229 g/mol. The van der Waals surface area contributed by atoms with Crippen molar-refractivity contribution in [2.24, 2.45) is 17.8 Å². The minimum atomic E-state index is 0.189. The van der Waals surface area contributed by atoms with Crippen LogP contribution >= 0.6 is 0 Å². The zero-order valence-corrected chi connectivity index (χ0v) is 10.1. The fourth-order valence-corrected chi connectivity index (χ4v) is 3.60. The first-order chi connectivity index (χ1) is 8.31. The van der Waals surface area contributed by atoms with E-state index in [0.29, 0.717) is 5.92 Å². The van der Waals surface area contributed by atoms with E-state index in [1.165, 1.54) is 25.7 Å². The summed E-state index contributed by atoms with van der Waals surface area (Å²) in [4.78, 5) is 11.9. The molecule has 2 heteroatoms. The van der Waals surface area contributed by atoms with Crippen molar-refractivity contribution in [3.05, 3.63) is 30.3 Å². The van der Waals surface area contributed by atoms with Gasteiger partial charge in [0.1, 0.15) is 0 Å². The van der Waals surface area contributed by atoms with E-state index in [4.69, 9.17) is 0 Å². The molecule has 0 heterocycles. The molecule has 3 rings (SSSR count). The summed E-state index contributed by atoms with van der Waals surface area (Å²) in [6.07, 6.45) is 6.14. The van der Waals surface area contributed by atoms with Crippen molar-refractivity contribution in [2.45, 2.75) is 32.1 Å². The molecule has 2 fully saturated rings. The highest BCUT2D eigenvalue weighted by atomic mass is 16.1. The summed E-state index contributed by atoms with van der Waals surface area (Å²) in [5, 5.41) is 2.99. The summed E-state index contributed by atoms with van der Waals surface area (Å²) in [6, 6.07) is 9.75. The number of amides is 1. The van der Waals surface area contributed by atoms with Crippen LogP contribution in [0.15, 0.2) is 30.3 Å². The molecule has 0 unspecified atom stereocenters. The zero-order chi connectivity index (χ0) is 11.7. The van der Waals surface area contributed by atoms with Crippen LogP contribution in [0.2, 0.25) is 0 Å². The van der Waals surface area contributed by atoms with Crippen molar-refractivity contribution in [2.75, 3.05) is 5.32 Å². The molecule has 1 aromatic rings. The smallest absolute Gasteiger partial charge is 0.224 e. The number of hydrogen-bond donors (Lipinski definition) is 1. The maximum atomic E-state index is 11.9. The van der Waals surface area contributed by atoms with Crippen molar-refractivity contribution in [1.29, 1.82) is 0 Å². The predicted octanol–water partition coefficient (Wildman–Crippen LogP) is 3.45. The summed E-state index contributed by atoms with van der Waals surface area (Å²) in [5.74, 6) is 2.60. The number of fused-ring (bicyclic) bond motifs is 2. The van der Waals surface area contributed by atoms with Crippen molar-refractivity contribution in [1.82, 2.24) is 0 Å². The maximum Gasteiger partial charge on any atom is 0.224 e. The lowest BCUT2D eigenvalue weighted by atomic mass is 9.86. The number of carbonyl (C=O) groups excluding carboxylic acids is 1. The van der Waals surface area contributed by atoms with Crippen LogP contribution in [-0.4, -0.2) is 5.91 Å². The van der Waals surface area contributed by atoms with Gasteiger partial charge in [0.15, 0.2) is 0 Å². The van der Waals surface area contributed by atoms with Crippen LogP contribution in [0, 0.1) is 17.8 Å². The normalized spacial score (nSPS) is 30.5. The molecule has 0 aromatic heterocycles. The molecular formula is C15H19NO. The van der Waals surface area contributed by atoms with E-state index in [1.54, 1.807) is 0 Å². The Kier molecular flexibility index (Phi) is 2.87. The molecule has 2 aliphatic rings. The van der Waals surface area contributed by atoms with Crippen LogP contribution in [0.25, 0.3) is 0 Å². The molecule has 0 saturated heterocycles. The largest absolute Gasteiger partial charge is 0.326 e. The van der Waals surface area contributed by atoms with E-state index in [1.807, 2.05) is 30.3 Å². The number of nitrogens with one attached hydrogen (secondary N) is 1. The van der Waals surface area contributed by atoms with Crippen molar-refractivity contribution < 1.29 is 4.79 Å².